The molecule has 10 nitrogen and oxygen atoms in total. The van der Waals surface area contributed by atoms with E-state index in [4.69, 9.17) is 4.74 Å². The standard InChI is InChI=1S/C17H17N5O5/c1-20-14-13(15(23)19-17(20)24)21(16(18-14)22(25)26)8-11-3-2-4-12(7-11)27-9-10-5-6-10/h2-4,7,10H,5-6,8-9H2,1H3,(H,19,23,24). The Hall–Kier alpha value is -3.43. The molecule has 0 unspecified atom stereocenters. The molecule has 2 aromatic heterocycles. The summed E-state index contributed by atoms with van der Waals surface area (Å²) in [5.74, 6) is 0.779. The molecule has 1 N–H and O–H groups in total. The van der Waals surface area contributed by atoms with E-state index in [-0.39, 0.29) is 17.7 Å². The van der Waals surface area contributed by atoms with Crippen molar-refractivity contribution in [3.63, 3.8) is 0 Å². The molecule has 2 heterocycles. The van der Waals surface area contributed by atoms with Crippen molar-refractivity contribution in [3.8, 4) is 5.75 Å². The normalized spacial score (nSPS) is 13.8. The number of imidazole rings is 1. The molecule has 1 aliphatic rings. The lowest BCUT2D eigenvalue weighted by Gasteiger charge is -2.08. The Morgan fingerprint density at radius 3 is 2.85 bits per heavy atom. The summed E-state index contributed by atoms with van der Waals surface area (Å²) >= 11 is 0. The van der Waals surface area contributed by atoms with Gasteiger partial charge < -0.3 is 14.9 Å². The number of hydrogen-bond acceptors (Lipinski definition) is 6. The number of nitro groups is 1. The predicted octanol–water partition coefficient (Wildman–Crippen LogP) is 1.17. The van der Waals surface area contributed by atoms with Crippen LogP contribution in [0.25, 0.3) is 11.2 Å². The Morgan fingerprint density at radius 1 is 1.37 bits per heavy atom. The summed E-state index contributed by atoms with van der Waals surface area (Å²) in [4.78, 5) is 40.8. The van der Waals surface area contributed by atoms with E-state index < -0.39 is 22.1 Å². The second-order valence-corrected chi connectivity index (χ2v) is 6.65. The molecule has 1 fully saturated rings. The summed E-state index contributed by atoms with van der Waals surface area (Å²) in [7, 11) is 1.40. The van der Waals surface area contributed by atoms with Gasteiger partial charge in [-0.05, 0) is 46.4 Å². The number of rotatable bonds is 6. The van der Waals surface area contributed by atoms with Gasteiger partial charge in [-0.2, -0.15) is 0 Å². The van der Waals surface area contributed by atoms with Crippen LogP contribution < -0.4 is 16.0 Å². The largest absolute Gasteiger partial charge is 0.493 e. The average Bonchev–Trinajstić information content (AvgIpc) is 3.38. The van der Waals surface area contributed by atoms with Gasteiger partial charge >= 0.3 is 11.6 Å². The van der Waals surface area contributed by atoms with Crippen LogP contribution >= 0.6 is 0 Å². The summed E-state index contributed by atoms with van der Waals surface area (Å²) in [6, 6.07) is 7.19. The summed E-state index contributed by atoms with van der Waals surface area (Å²) in [6.07, 6.45) is 2.35. The number of aromatic nitrogens is 4. The van der Waals surface area contributed by atoms with Crippen molar-refractivity contribution in [2.45, 2.75) is 19.4 Å². The monoisotopic (exact) mass is 371 g/mol. The van der Waals surface area contributed by atoms with Crippen LogP contribution in [-0.2, 0) is 13.6 Å². The third kappa shape index (κ3) is 3.21. The topological polar surface area (TPSA) is 125 Å². The number of aryl methyl sites for hydroxylation is 1. The highest BCUT2D eigenvalue weighted by Crippen LogP contribution is 2.30. The van der Waals surface area contributed by atoms with Gasteiger partial charge in [0.25, 0.3) is 11.2 Å². The minimum Gasteiger partial charge on any atom is -0.493 e. The summed E-state index contributed by atoms with van der Waals surface area (Å²) < 4.78 is 8.02. The Morgan fingerprint density at radius 2 is 2.15 bits per heavy atom. The number of hydrogen-bond donors (Lipinski definition) is 1. The maximum absolute atomic E-state index is 12.3. The fourth-order valence-electron chi connectivity index (χ4n) is 2.93. The zero-order chi connectivity index (χ0) is 19.1. The number of nitrogens with zero attached hydrogens (tertiary/aromatic N) is 4. The molecule has 0 aliphatic heterocycles. The van der Waals surface area contributed by atoms with Crippen LogP contribution in [0.5, 0.6) is 5.75 Å². The van der Waals surface area contributed by atoms with Crippen LogP contribution in [0.4, 0.5) is 5.95 Å². The van der Waals surface area contributed by atoms with Gasteiger partial charge in [-0.25, -0.2) is 9.36 Å². The van der Waals surface area contributed by atoms with E-state index in [2.05, 4.69) is 9.97 Å². The number of ether oxygens (including phenoxy) is 1. The number of fused-ring (bicyclic) bond motifs is 1. The molecule has 0 bridgehead atoms. The Kier molecular flexibility index (Phi) is 4.02. The highest BCUT2D eigenvalue weighted by Gasteiger charge is 2.27. The van der Waals surface area contributed by atoms with Gasteiger partial charge in [0.2, 0.25) is 5.52 Å². The Labute approximate surface area is 152 Å². The SMILES string of the molecule is Cn1c(=O)[nH]c(=O)c2c1nc([N+](=O)[O-])n2Cc1cccc(OCC2CC2)c1. The van der Waals surface area contributed by atoms with E-state index in [9.17, 15) is 19.7 Å². The lowest BCUT2D eigenvalue weighted by molar-refractivity contribution is -0.396. The van der Waals surface area contributed by atoms with Gasteiger partial charge in [-0.15, -0.1) is 0 Å². The van der Waals surface area contributed by atoms with Crippen molar-refractivity contribution in [2.24, 2.45) is 13.0 Å². The molecule has 1 saturated carbocycles. The molecule has 1 aromatic carbocycles. The van der Waals surface area contributed by atoms with Crippen molar-refractivity contribution in [1.82, 2.24) is 19.1 Å². The van der Waals surface area contributed by atoms with Crippen molar-refractivity contribution in [2.75, 3.05) is 6.61 Å². The summed E-state index contributed by atoms with van der Waals surface area (Å²) in [6.45, 7) is 0.702. The number of H-pyrrole nitrogens is 1. The minimum absolute atomic E-state index is 0.0203. The molecule has 3 aromatic rings. The molecule has 0 spiro atoms. The van der Waals surface area contributed by atoms with Gasteiger partial charge in [0, 0.05) is 7.05 Å². The number of benzene rings is 1. The second-order valence-electron chi connectivity index (χ2n) is 6.65. The Bertz CT molecular complexity index is 1150. The van der Waals surface area contributed by atoms with Crippen LogP contribution in [0.15, 0.2) is 33.9 Å². The molecule has 0 atom stereocenters. The van der Waals surface area contributed by atoms with Gasteiger partial charge in [0.15, 0.2) is 0 Å². The van der Waals surface area contributed by atoms with E-state index in [1.807, 2.05) is 6.07 Å². The molecule has 27 heavy (non-hydrogen) atoms. The van der Waals surface area contributed by atoms with Crippen molar-refractivity contribution in [1.29, 1.82) is 0 Å². The molecule has 140 valence electrons. The molecular weight excluding hydrogens is 354 g/mol. The molecule has 0 amide bonds. The lowest BCUT2D eigenvalue weighted by atomic mass is 10.2. The zero-order valence-electron chi connectivity index (χ0n) is 14.5. The lowest BCUT2D eigenvalue weighted by Crippen LogP contribution is -2.29. The van der Waals surface area contributed by atoms with Crippen LogP contribution in [0.2, 0.25) is 0 Å². The first-order valence-corrected chi connectivity index (χ1v) is 8.49. The number of aromatic amines is 1. The smallest absolute Gasteiger partial charge is 0.437 e. The van der Waals surface area contributed by atoms with Gasteiger partial charge in [0.1, 0.15) is 5.75 Å². The molecule has 1 aliphatic carbocycles. The van der Waals surface area contributed by atoms with Gasteiger partial charge in [-0.1, -0.05) is 12.1 Å². The number of nitrogens with one attached hydrogen (secondary N) is 1. The third-order valence-corrected chi connectivity index (χ3v) is 4.57. The molecule has 10 heteroatoms. The highest BCUT2D eigenvalue weighted by atomic mass is 16.6. The molecule has 4 rings (SSSR count). The average molecular weight is 371 g/mol. The van der Waals surface area contributed by atoms with Gasteiger partial charge in [0.05, 0.1) is 13.2 Å². The van der Waals surface area contributed by atoms with E-state index in [1.54, 1.807) is 18.2 Å². The van der Waals surface area contributed by atoms with E-state index in [0.717, 1.165) is 10.1 Å². The first kappa shape index (κ1) is 17.0. The fraction of sp³-hybridized carbons (Fsp3) is 0.353. The maximum Gasteiger partial charge on any atom is 0.437 e. The van der Waals surface area contributed by atoms with Gasteiger partial charge in [-0.3, -0.25) is 14.3 Å². The van der Waals surface area contributed by atoms with E-state index >= 15 is 0 Å². The Balaban J connectivity index is 1.77. The van der Waals surface area contributed by atoms with Crippen LogP contribution in [0.3, 0.4) is 0 Å². The van der Waals surface area contributed by atoms with Crippen molar-refractivity contribution < 1.29 is 9.66 Å². The summed E-state index contributed by atoms with van der Waals surface area (Å²) in [5, 5.41) is 11.4. The first-order chi connectivity index (χ1) is 12.9. The van der Waals surface area contributed by atoms with Crippen LogP contribution in [0.1, 0.15) is 18.4 Å². The predicted molar refractivity (Wildman–Crippen MR) is 96.0 cm³/mol. The molecule has 0 saturated heterocycles. The minimum atomic E-state index is -0.713. The molecule has 0 radical (unpaired) electrons. The van der Waals surface area contributed by atoms with Crippen LogP contribution in [-0.4, -0.2) is 30.6 Å². The maximum atomic E-state index is 12.3. The fourth-order valence-corrected chi connectivity index (χ4v) is 2.93. The molecular formula is C17H17N5O5. The second kappa shape index (κ2) is 6.38. The highest BCUT2D eigenvalue weighted by molar-refractivity contribution is 5.72. The van der Waals surface area contributed by atoms with Crippen molar-refractivity contribution in [3.05, 3.63) is 60.8 Å². The first-order valence-electron chi connectivity index (χ1n) is 8.49. The van der Waals surface area contributed by atoms with E-state index in [0.29, 0.717) is 18.3 Å². The quantitative estimate of drug-likeness (QED) is 0.512. The van der Waals surface area contributed by atoms with Crippen molar-refractivity contribution >= 4 is 17.1 Å². The summed E-state index contributed by atoms with van der Waals surface area (Å²) in [5.41, 5.74) is -0.721. The third-order valence-electron chi connectivity index (χ3n) is 4.57. The van der Waals surface area contributed by atoms with Crippen LogP contribution in [0, 0.1) is 16.0 Å². The zero-order valence-corrected chi connectivity index (χ0v) is 14.5. The van der Waals surface area contributed by atoms with E-state index in [1.165, 1.54) is 24.5 Å².